The minimum atomic E-state index is 0. The Labute approximate surface area is 89.9 Å². The van der Waals surface area contributed by atoms with Crippen molar-refractivity contribution in [2.45, 2.75) is 13.8 Å². The topological polar surface area (TPSA) is 54.0 Å². The summed E-state index contributed by atoms with van der Waals surface area (Å²) >= 11 is 0. The van der Waals surface area contributed by atoms with Gasteiger partial charge in [-0.05, 0) is 0 Å². The van der Waals surface area contributed by atoms with Crippen molar-refractivity contribution in [3.63, 3.8) is 0 Å². The van der Waals surface area contributed by atoms with E-state index < -0.39 is 0 Å². The molecule has 2 aromatic rings. The van der Waals surface area contributed by atoms with E-state index in [-0.39, 0.29) is 19.5 Å². The maximum absolute atomic E-state index is 3.67. The van der Waals surface area contributed by atoms with Crippen LogP contribution in [-0.4, -0.2) is 10.2 Å². The van der Waals surface area contributed by atoms with Gasteiger partial charge in [0.15, 0.2) is 0 Å². The average Bonchev–Trinajstić information content (AvgIpc) is 2.63. The second kappa shape index (κ2) is 6.55. The molecule has 0 amide bonds. The largest absolute Gasteiger partial charge is 3.00 e. The van der Waals surface area contributed by atoms with Gasteiger partial charge in [-0.25, -0.2) is 0 Å². The molecule has 0 spiro atoms. The maximum atomic E-state index is 3.67. The molecule has 4 nitrogen and oxygen atoms in total. The van der Waals surface area contributed by atoms with E-state index in [4.69, 9.17) is 0 Å². The van der Waals surface area contributed by atoms with Crippen LogP contribution < -0.4 is 10.2 Å². The fourth-order valence-corrected chi connectivity index (χ4v) is 0.598. The van der Waals surface area contributed by atoms with E-state index >= 15 is 0 Å². The Morgan fingerprint density at radius 2 is 1.31 bits per heavy atom. The second-order valence-corrected chi connectivity index (χ2v) is 2.35. The molecule has 0 aliphatic rings. The molecule has 0 saturated heterocycles. The van der Waals surface area contributed by atoms with Crippen LogP contribution in [0, 0.1) is 13.8 Å². The van der Waals surface area contributed by atoms with E-state index in [1.807, 2.05) is 26.0 Å². The summed E-state index contributed by atoms with van der Waals surface area (Å²) in [7, 11) is 0. The Morgan fingerprint density at radius 1 is 0.923 bits per heavy atom. The van der Waals surface area contributed by atoms with Crippen LogP contribution >= 0.6 is 0 Å². The fraction of sp³-hybridized carbons (Fsp3) is 0.250. The first-order valence-corrected chi connectivity index (χ1v) is 3.61. The molecular formula is C8H10N4Ru+. The van der Waals surface area contributed by atoms with Crippen LogP contribution in [0.2, 0.25) is 0 Å². The molecule has 5 heteroatoms. The Kier molecular flexibility index (Phi) is 6.07. The number of aromatic nitrogens is 4. The minimum absolute atomic E-state index is 0. The van der Waals surface area contributed by atoms with Gasteiger partial charge in [0.2, 0.25) is 0 Å². The standard InChI is InChI=1S/2C4H5N2.Ru/c2*1-4-2-3-5-6-4;/h2*2-3H,1H3;/q2*-1;+3. The molecular weight excluding hydrogens is 253 g/mol. The van der Waals surface area contributed by atoms with Crippen LogP contribution in [0.5, 0.6) is 0 Å². The number of aryl methyl sites for hydroxylation is 2. The summed E-state index contributed by atoms with van der Waals surface area (Å²) in [5.41, 5.74) is 1.96. The molecule has 0 aliphatic carbocycles. The van der Waals surface area contributed by atoms with E-state index in [1.54, 1.807) is 12.4 Å². The summed E-state index contributed by atoms with van der Waals surface area (Å²) in [4.78, 5) is 0. The third-order valence-corrected chi connectivity index (χ3v) is 1.20. The van der Waals surface area contributed by atoms with Crippen LogP contribution in [0.15, 0.2) is 24.5 Å². The molecule has 0 aliphatic heterocycles. The van der Waals surface area contributed by atoms with Gasteiger partial charge in [-0.2, -0.15) is 0 Å². The Morgan fingerprint density at radius 3 is 1.38 bits per heavy atom. The third kappa shape index (κ3) is 5.31. The molecule has 0 fully saturated rings. The maximum Gasteiger partial charge on any atom is 3.00 e. The zero-order valence-electron chi connectivity index (χ0n) is 7.45. The van der Waals surface area contributed by atoms with Gasteiger partial charge in [0.05, 0.1) is 0 Å². The van der Waals surface area contributed by atoms with E-state index in [9.17, 15) is 0 Å². The monoisotopic (exact) mass is 264 g/mol. The fourth-order valence-electron chi connectivity index (χ4n) is 0.598. The summed E-state index contributed by atoms with van der Waals surface area (Å²) in [6.45, 7) is 3.82. The van der Waals surface area contributed by atoms with Crippen molar-refractivity contribution >= 4 is 0 Å². The van der Waals surface area contributed by atoms with Crippen molar-refractivity contribution in [2.24, 2.45) is 0 Å². The molecule has 0 bridgehead atoms. The molecule has 0 saturated carbocycles. The number of hydrogen-bond donors (Lipinski definition) is 0. The molecule has 0 N–H and O–H groups in total. The Hall–Kier alpha value is -0.957. The number of nitrogens with zero attached hydrogens (tertiary/aromatic N) is 4. The molecule has 13 heavy (non-hydrogen) atoms. The number of rotatable bonds is 0. The van der Waals surface area contributed by atoms with Crippen molar-refractivity contribution in [1.82, 2.24) is 20.4 Å². The van der Waals surface area contributed by atoms with E-state index in [1.165, 1.54) is 0 Å². The summed E-state index contributed by atoms with van der Waals surface area (Å²) in [5.74, 6) is 0. The molecule has 0 atom stereocenters. The van der Waals surface area contributed by atoms with Crippen molar-refractivity contribution in [1.29, 1.82) is 0 Å². The second-order valence-electron chi connectivity index (χ2n) is 2.35. The Bertz CT molecular complexity index is 256. The van der Waals surface area contributed by atoms with Crippen molar-refractivity contribution < 1.29 is 19.5 Å². The summed E-state index contributed by atoms with van der Waals surface area (Å²) in [6.07, 6.45) is 3.35. The van der Waals surface area contributed by atoms with Crippen LogP contribution in [0.1, 0.15) is 11.4 Å². The molecule has 1 radical (unpaired) electrons. The minimum Gasteiger partial charge on any atom is -0.579 e. The zero-order valence-corrected chi connectivity index (χ0v) is 9.19. The number of hydrogen-bond acceptors (Lipinski definition) is 2. The van der Waals surface area contributed by atoms with Crippen LogP contribution in [0.4, 0.5) is 0 Å². The van der Waals surface area contributed by atoms with Gasteiger partial charge >= 0.3 is 19.5 Å². The average molecular weight is 263 g/mol. The van der Waals surface area contributed by atoms with Gasteiger partial charge in [-0.1, -0.05) is 26.0 Å². The predicted molar refractivity (Wildman–Crippen MR) is 44.6 cm³/mol. The SMILES string of the molecule is Cc1ccn[n-]1.Cc1ccn[n-]1.[Ru+3]. The first-order valence-electron chi connectivity index (χ1n) is 3.61. The van der Waals surface area contributed by atoms with Crippen LogP contribution in [0.25, 0.3) is 0 Å². The quantitative estimate of drug-likeness (QED) is 0.656. The molecule has 2 heterocycles. The van der Waals surface area contributed by atoms with E-state index in [0.717, 1.165) is 11.4 Å². The normalized spacial score (nSPS) is 8.15. The first-order chi connectivity index (χ1) is 5.79. The molecule has 2 aromatic heterocycles. The molecule has 69 valence electrons. The van der Waals surface area contributed by atoms with E-state index in [2.05, 4.69) is 20.4 Å². The van der Waals surface area contributed by atoms with Gasteiger partial charge < -0.3 is 20.4 Å². The molecule has 0 aromatic carbocycles. The molecule has 2 rings (SSSR count). The van der Waals surface area contributed by atoms with E-state index in [0.29, 0.717) is 0 Å². The summed E-state index contributed by atoms with van der Waals surface area (Å²) in [6, 6.07) is 3.72. The first kappa shape index (κ1) is 12.0. The third-order valence-electron chi connectivity index (χ3n) is 1.20. The van der Waals surface area contributed by atoms with Gasteiger partial charge in [-0.15, -0.1) is 11.4 Å². The van der Waals surface area contributed by atoms with Crippen LogP contribution in [-0.2, 0) is 19.5 Å². The van der Waals surface area contributed by atoms with Crippen molar-refractivity contribution in [3.8, 4) is 0 Å². The van der Waals surface area contributed by atoms with Crippen molar-refractivity contribution in [3.05, 3.63) is 35.9 Å². The summed E-state index contributed by atoms with van der Waals surface area (Å²) in [5, 5.41) is 14.5. The summed E-state index contributed by atoms with van der Waals surface area (Å²) < 4.78 is 0. The van der Waals surface area contributed by atoms with Gasteiger partial charge in [0, 0.05) is 12.4 Å². The molecule has 0 unspecified atom stereocenters. The zero-order chi connectivity index (χ0) is 8.81. The Balaban J connectivity index is 0.000000206. The predicted octanol–water partition coefficient (Wildman–Crippen LogP) is 0.692. The van der Waals surface area contributed by atoms with Crippen molar-refractivity contribution in [2.75, 3.05) is 0 Å². The smallest absolute Gasteiger partial charge is 0.579 e. The van der Waals surface area contributed by atoms with Crippen LogP contribution in [0.3, 0.4) is 0 Å². The van der Waals surface area contributed by atoms with Gasteiger partial charge in [-0.3, -0.25) is 0 Å². The van der Waals surface area contributed by atoms with Gasteiger partial charge in [0.1, 0.15) is 0 Å². The van der Waals surface area contributed by atoms with Gasteiger partial charge in [0.25, 0.3) is 0 Å².